The second kappa shape index (κ2) is 3.95. The largest absolute Gasteiger partial charge is 0.353 e. The van der Waals surface area contributed by atoms with Gasteiger partial charge in [0, 0.05) is 9.47 Å². The maximum absolute atomic E-state index is 4.75. The minimum absolute atomic E-state index is 0.380. The molecule has 0 heterocycles. The first kappa shape index (κ1) is 4.95. The van der Waals surface area contributed by atoms with Gasteiger partial charge < -0.3 is 4.52 Å². The fraction of sp³-hybridized carbons (Fsp3) is 0.333. The van der Waals surface area contributed by atoms with E-state index < -0.39 is 0 Å². The Bertz CT molecular complexity index is 45.3. The van der Waals surface area contributed by atoms with E-state index in [1.165, 1.54) is 0 Å². The molecule has 0 aliphatic heterocycles. The summed E-state index contributed by atoms with van der Waals surface area (Å²) < 4.78 is 4.37. The van der Waals surface area contributed by atoms with Crippen LogP contribution in [0, 0.1) is 12.3 Å². The molecule has 0 saturated carbocycles. The first-order valence-corrected chi connectivity index (χ1v) is 1.64. The van der Waals surface area contributed by atoms with E-state index in [9.17, 15) is 0 Å². The van der Waals surface area contributed by atoms with Crippen LogP contribution < -0.4 is 0 Å². The van der Waals surface area contributed by atoms with Gasteiger partial charge in [0.25, 0.3) is 0 Å². The number of rotatable bonds is 1. The average Bonchev–Trinajstić information content (AvgIpc) is 1.41. The van der Waals surface area contributed by atoms with E-state index in [2.05, 4.69) is 19.9 Å². The summed E-state index contributed by atoms with van der Waals surface area (Å²) in [7, 11) is 2.06. The lowest BCUT2D eigenvalue weighted by atomic mass is 10.8. The van der Waals surface area contributed by atoms with Crippen LogP contribution in [0.15, 0.2) is 0 Å². The molecule has 0 bridgehead atoms. The fourth-order valence-corrected chi connectivity index (χ4v) is 0.144. The van der Waals surface area contributed by atoms with Crippen molar-refractivity contribution in [2.24, 2.45) is 0 Å². The second-order valence-electron chi connectivity index (χ2n) is 0.515. The summed E-state index contributed by atoms with van der Waals surface area (Å²) in [5, 5.41) is 0. The van der Waals surface area contributed by atoms with E-state index in [1.54, 1.807) is 0 Å². The zero-order valence-corrected chi connectivity index (χ0v) is 3.92. The third kappa shape index (κ3) is 3.95. The molecule has 0 aromatic carbocycles. The molecular weight excluding hydrogens is 83.0 g/mol. The topological polar surface area (TPSA) is 9.23 Å². The molecule has 0 saturated heterocycles. The molecule has 28 valence electrons. The van der Waals surface area contributed by atoms with Gasteiger partial charge >= 0.3 is 0 Å². The molecule has 0 aliphatic rings. The Kier molecular flexibility index (Phi) is 3.91. The highest BCUT2D eigenvalue weighted by Crippen LogP contribution is 1.77. The van der Waals surface area contributed by atoms with E-state index in [0.717, 1.165) is 0 Å². The molecule has 0 aromatic rings. The van der Waals surface area contributed by atoms with Gasteiger partial charge in [-0.15, -0.1) is 6.42 Å². The van der Waals surface area contributed by atoms with E-state index in [-0.39, 0.29) is 0 Å². The van der Waals surface area contributed by atoms with Gasteiger partial charge in [-0.1, -0.05) is 5.92 Å². The van der Waals surface area contributed by atoms with Crippen LogP contribution in [0.1, 0.15) is 0 Å². The van der Waals surface area contributed by atoms with Gasteiger partial charge in [0.1, 0.15) is 6.61 Å². The van der Waals surface area contributed by atoms with Crippen LogP contribution in [0.3, 0.4) is 0 Å². The molecule has 0 rings (SSSR count). The molecular formula is C3H5OP. The molecule has 5 heavy (non-hydrogen) atoms. The third-order valence-corrected chi connectivity index (χ3v) is 0.333. The lowest BCUT2D eigenvalue weighted by Crippen LogP contribution is -1.69. The molecule has 1 nitrogen and oxygen atoms in total. The van der Waals surface area contributed by atoms with Crippen molar-refractivity contribution >= 4 is 9.47 Å². The summed E-state index contributed by atoms with van der Waals surface area (Å²) in [6.07, 6.45) is 4.75. The highest BCUT2D eigenvalue weighted by atomic mass is 31.0. The molecule has 0 radical (unpaired) electrons. The molecule has 0 aliphatic carbocycles. The molecule has 1 unspecified atom stereocenters. The molecule has 0 amide bonds. The minimum atomic E-state index is 0.380. The predicted octanol–water partition coefficient (Wildman–Crippen LogP) is 0.426. The van der Waals surface area contributed by atoms with Crippen LogP contribution in [-0.4, -0.2) is 6.61 Å². The molecule has 0 spiro atoms. The van der Waals surface area contributed by atoms with Gasteiger partial charge in [-0.25, -0.2) is 0 Å². The summed E-state index contributed by atoms with van der Waals surface area (Å²) in [5.41, 5.74) is 0. The molecule has 0 N–H and O–H groups in total. The first-order valence-electron chi connectivity index (χ1n) is 1.17. The fourth-order valence-electron chi connectivity index (χ4n) is 0.0481. The van der Waals surface area contributed by atoms with Gasteiger partial charge in [-0.3, -0.25) is 0 Å². The van der Waals surface area contributed by atoms with Crippen molar-refractivity contribution in [3.05, 3.63) is 0 Å². The summed E-state index contributed by atoms with van der Waals surface area (Å²) in [5.74, 6) is 2.27. The highest BCUT2D eigenvalue weighted by molar-refractivity contribution is 7.09. The Hall–Kier alpha value is -0.0500. The lowest BCUT2D eigenvalue weighted by molar-refractivity contribution is 0.436. The third-order valence-electron chi connectivity index (χ3n) is 0.167. The zero-order valence-electron chi connectivity index (χ0n) is 2.77. The second-order valence-corrected chi connectivity index (χ2v) is 0.848. The number of hydrogen-bond donors (Lipinski definition) is 0. The predicted molar refractivity (Wildman–Crippen MR) is 24.5 cm³/mol. The first-order chi connectivity index (χ1) is 2.41. The summed E-state index contributed by atoms with van der Waals surface area (Å²) in [6.45, 7) is 0.380. The molecule has 1 atom stereocenters. The normalized spacial score (nSPS) is 6.40. The van der Waals surface area contributed by atoms with E-state index >= 15 is 0 Å². The Morgan fingerprint density at radius 3 is 2.60 bits per heavy atom. The maximum Gasteiger partial charge on any atom is 0.111 e. The molecule has 0 aromatic heterocycles. The van der Waals surface area contributed by atoms with Crippen LogP contribution in [0.2, 0.25) is 0 Å². The van der Waals surface area contributed by atoms with Gasteiger partial charge in [0.15, 0.2) is 0 Å². The van der Waals surface area contributed by atoms with Crippen molar-refractivity contribution in [2.45, 2.75) is 0 Å². The zero-order chi connectivity index (χ0) is 4.12. The molecule has 2 heteroatoms. The monoisotopic (exact) mass is 88.0 g/mol. The Labute approximate surface area is 34.0 Å². The van der Waals surface area contributed by atoms with Gasteiger partial charge in [0.05, 0.1) is 0 Å². The average molecular weight is 88.0 g/mol. The minimum Gasteiger partial charge on any atom is -0.353 e. The van der Waals surface area contributed by atoms with E-state index in [0.29, 0.717) is 6.61 Å². The number of hydrogen-bond acceptors (Lipinski definition) is 1. The standard InChI is InChI=1S/C3H5OP/c1-2-3-4-5/h1H,3,5H2. The van der Waals surface area contributed by atoms with E-state index in [4.69, 9.17) is 6.42 Å². The van der Waals surface area contributed by atoms with Crippen molar-refractivity contribution in [3.63, 3.8) is 0 Å². The van der Waals surface area contributed by atoms with Crippen LogP contribution in [0.4, 0.5) is 0 Å². The van der Waals surface area contributed by atoms with Gasteiger partial charge in [-0.05, 0) is 0 Å². The van der Waals surface area contributed by atoms with E-state index in [1.807, 2.05) is 0 Å². The Morgan fingerprint density at radius 1 is 2.00 bits per heavy atom. The summed E-state index contributed by atoms with van der Waals surface area (Å²) >= 11 is 0. The van der Waals surface area contributed by atoms with Crippen LogP contribution in [0.25, 0.3) is 0 Å². The van der Waals surface area contributed by atoms with Crippen molar-refractivity contribution in [1.82, 2.24) is 0 Å². The SMILES string of the molecule is C#CCOP. The quantitative estimate of drug-likeness (QED) is 0.333. The van der Waals surface area contributed by atoms with Crippen LogP contribution in [0.5, 0.6) is 0 Å². The smallest absolute Gasteiger partial charge is 0.111 e. The Balaban J connectivity index is 2.48. The number of terminal acetylenes is 1. The van der Waals surface area contributed by atoms with Crippen molar-refractivity contribution < 1.29 is 4.52 Å². The van der Waals surface area contributed by atoms with Crippen LogP contribution >= 0.6 is 9.47 Å². The Morgan fingerprint density at radius 2 is 2.60 bits per heavy atom. The van der Waals surface area contributed by atoms with Crippen molar-refractivity contribution in [2.75, 3.05) is 6.61 Å². The summed E-state index contributed by atoms with van der Waals surface area (Å²) in [6, 6.07) is 0. The molecule has 0 fully saturated rings. The lowest BCUT2D eigenvalue weighted by Gasteiger charge is -1.76. The van der Waals surface area contributed by atoms with Crippen LogP contribution in [-0.2, 0) is 4.52 Å². The van der Waals surface area contributed by atoms with Gasteiger partial charge in [0.2, 0.25) is 0 Å². The van der Waals surface area contributed by atoms with Gasteiger partial charge in [-0.2, -0.15) is 0 Å². The maximum atomic E-state index is 4.75. The van der Waals surface area contributed by atoms with Crippen molar-refractivity contribution in [3.8, 4) is 12.3 Å². The highest BCUT2D eigenvalue weighted by Gasteiger charge is 1.57. The summed E-state index contributed by atoms with van der Waals surface area (Å²) in [4.78, 5) is 0. The van der Waals surface area contributed by atoms with Crippen molar-refractivity contribution in [1.29, 1.82) is 0 Å².